The van der Waals surface area contributed by atoms with E-state index in [0.717, 1.165) is 0 Å². The largest absolute Gasteiger partial charge is 0.381 e. The van der Waals surface area contributed by atoms with E-state index in [-0.39, 0.29) is 11.9 Å². The highest BCUT2D eigenvalue weighted by Gasteiger charge is 2.11. The molecule has 0 aliphatic rings. The van der Waals surface area contributed by atoms with Gasteiger partial charge in [0.2, 0.25) is 0 Å². The Morgan fingerprint density at radius 2 is 2.07 bits per heavy atom. The van der Waals surface area contributed by atoms with Crippen molar-refractivity contribution in [3.8, 4) is 0 Å². The minimum atomic E-state index is -0.343. The van der Waals surface area contributed by atoms with Crippen LogP contribution in [0.3, 0.4) is 0 Å². The number of nitrogens with two attached hydrogens (primary N) is 1. The monoisotopic (exact) mass is 230 g/mol. The van der Waals surface area contributed by atoms with Gasteiger partial charge in [-0.05, 0) is 24.1 Å². The Balaban J connectivity index is 2.79. The zero-order valence-corrected chi connectivity index (χ0v) is 9.68. The van der Waals surface area contributed by atoms with E-state index in [1.807, 2.05) is 0 Å². The molecule has 3 N–H and O–H groups in total. The molecule has 0 radical (unpaired) electrons. The summed E-state index contributed by atoms with van der Waals surface area (Å²) in [6.07, 6.45) is 0. The molecular formula is C11H16ClFN2. The molecule has 0 spiro atoms. The standard InChI is InChI=1S/C11H16ClFN2/c1-7(2)11(6-14)15-10-4-8(12)3-9(13)5-10/h3-5,7,11,15H,6,14H2,1-2H3. The molecule has 4 heteroatoms. The van der Waals surface area contributed by atoms with E-state index >= 15 is 0 Å². The molecule has 1 aromatic carbocycles. The molecule has 1 rings (SSSR count). The number of hydrogen-bond donors (Lipinski definition) is 2. The van der Waals surface area contributed by atoms with Crippen molar-refractivity contribution in [3.63, 3.8) is 0 Å². The van der Waals surface area contributed by atoms with Crippen molar-refractivity contribution in [1.82, 2.24) is 0 Å². The third kappa shape index (κ3) is 3.68. The molecule has 0 bridgehead atoms. The molecular weight excluding hydrogens is 215 g/mol. The first-order valence-electron chi connectivity index (χ1n) is 4.95. The third-order valence-corrected chi connectivity index (χ3v) is 2.49. The number of anilines is 1. The van der Waals surface area contributed by atoms with E-state index in [1.54, 1.807) is 6.07 Å². The van der Waals surface area contributed by atoms with Crippen LogP contribution in [0.2, 0.25) is 5.02 Å². The van der Waals surface area contributed by atoms with Crippen molar-refractivity contribution in [2.24, 2.45) is 11.7 Å². The molecule has 0 aliphatic carbocycles. The van der Waals surface area contributed by atoms with Gasteiger partial charge in [0.15, 0.2) is 0 Å². The molecule has 1 atom stereocenters. The molecule has 0 saturated heterocycles. The van der Waals surface area contributed by atoms with Crippen LogP contribution in [-0.4, -0.2) is 12.6 Å². The predicted octanol–water partition coefficient (Wildman–Crippen LogP) is 2.87. The zero-order valence-electron chi connectivity index (χ0n) is 8.93. The van der Waals surface area contributed by atoms with Crippen molar-refractivity contribution in [2.45, 2.75) is 19.9 Å². The second kappa shape index (κ2) is 5.33. The summed E-state index contributed by atoms with van der Waals surface area (Å²) in [4.78, 5) is 0. The number of nitrogens with one attached hydrogen (secondary N) is 1. The molecule has 0 fully saturated rings. The van der Waals surface area contributed by atoms with Gasteiger partial charge in [0.05, 0.1) is 0 Å². The SMILES string of the molecule is CC(C)C(CN)Nc1cc(F)cc(Cl)c1. The Labute approximate surface area is 94.6 Å². The van der Waals surface area contributed by atoms with Gasteiger partial charge in [0.25, 0.3) is 0 Å². The van der Waals surface area contributed by atoms with Crippen molar-refractivity contribution in [3.05, 3.63) is 29.0 Å². The Morgan fingerprint density at radius 1 is 1.40 bits per heavy atom. The van der Waals surface area contributed by atoms with Crippen LogP contribution < -0.4 is 11.1 Å². The first-order chi connectivity index (χ1) is 7.02. The summed E-state index contributed by atoms with van der Waals surface area (Å²) in [6.45, 7) is 4.63. The van der Waals surface area contributed by atoms with E-state index in [9.17, 15) is 4.39 Å². The molecule has 0 heterocycles. The van der Waals surface area contributed by atoms with Crippen molar-refractivity contribution in [1.29, 1.82) is 0 Å². The quantitative estimate of drug-likeness (QED) is 0.835. The highest BCUT2D eigenvalue weighted by Crippen LogP contribution is 2.19. The lowest BCUT2D eigenvalue weighted by Gasteiger charge is -2.21. The summed E-state index contributed by atoms with van der Waals surface area (Å²) >= 11 is 5.75. The third-order valence-electron chi connectivity index (χ3n) is 2.27. The number of rotatable bonds is 4. The molecule has 2 nitrogen and oxygen atoms in total. The van der Waals surface area contributed by atoms with Crippen LogP contribution in [0.4, 0.5) is 10.1 Å². The second-order valence-corrected chi connectivity index (χ2v) is 4.33. The summed E-state index contributed by atoms with van der Waals surface area (Å²) in [5.74, 6) is 0.0431. The molecule has 1 unspecified atom stereocenters. The number of halogens is 2. The van der Waals surface area contributed by atoms with Gasteiger partial charge in [-0.15, -0.1) is 0 Å². The van der Waals surface area contributed by atoms with Crippen molar-refractivity contribution in [2.75, 3.05) is 11.9 Å². The zero-order chi connectivity index (χ0) is 11.4. The van der Waals surface area contributed by atoms with E-state index in [0.29, 0.717) is 23.2 Å². The molecule has 0 aliphatic heterocycles. The average molecular weight is 231 g/mol. The Bertz CT molecular complexity index is 308. The lowest BCUT2D eigenvalue weighted by molar-refractivity contribution is 0.531. The van der Waals surface area contributed by atoms with E-state index in [2.05, 4.69) is 19.2 Å². The smallest absolute Gasteiger partial charge is 0.126 e. The normalized spacial score (nSPS) is 12.9. The summed E-state index contributed by atoms with van der Waals surface area (Å²) in [5, 5.41) is 3.55. The summed E-state index contributed by atoms with van der Waals surface area (Å²) < 4.78 is 13.0. The van der Waals surface area contributed by atoms with Gasteiger partial charge >= 0.3 is 0 Å². The lowest BCUT2D eigenvalue weighted by Crippen LogP contribution is -2.33. The first kappa shape index (κ1) is 12.3. The van der Waals surface area contributed by atoms with Crippen LogP contribution in [0.1, 0.15) is 13.8 Å². The van der Waals surface area contributed by atoms with Crippen LogP contribution in [0, 0.1) is 11.7 Å². The van der Waals surface area contributed by atoms with Gasteiger partial charge < -0.3 is 11.1 Å². The van der Waals surface area contributed by atoms with Gasteiger partial charge in [0.1, 0.15) is 5.82 Å². The van der Waals surface area contributed by atoms with Gasteiger partial charge in [-0.3, -0.25) is 0 Å². The Morgan fingerprint density at radius 3 is 2.53 bits per heavy atom. The minimum Gasteiger partial charge on any atom is -0.381 e. The van der Waals surface area contributed by atoms with Gasteiger partial charge in [0, 0.05) is 23.3 Å². The summed E-state index contributed by atoms with van der Waals surface area (Å²) in [7, 11) is 0. The van der Waals surface area contributed by atoms with E-state index < -0.39 is 0 Å². The Hall–Kier alpha value is -0.800. The predicted molar refractivity (Wildman–Crippen MR) is 62.7 cm³/mol. The highest BCUT2D eigenvalue weighted by molar-refractivity contribution is 6.30. The maximum absolute atomic E-state index is 13.0. The fourth-order valence-corrected chi connectivity index (χ4v) is 1.57. The maximum atomic E-state index is 13.0. The van der Waals surface area contributed by atoms with Gasteiger partial charge in [-0.2, -0.15) is 0 Å². The first-order valence-corrected chi connectivity index (χ1v) is 5.33. The maximum Gasteiger partial charge on any atom is 0.126 e. The summed E-state index contributed by atoms with van der Waals surface area (Å²) in [5.41, 5.74) is 6.28. The fourth-order valence-electron chi connectivity index (χ4n) is 1.35. The molecule has 15 heavy (non-hydrogen) atoms. The molecule has 0 saturated carbocycles. The van der Waals surface area contributed by atoms with E-state index in [4.69, 9.17) is 17.3 Å². The second-order valence-electron chi connectivity index (χ2n) is 3.89. The van der Waals surface area contributed by atoms with Crippen molar-refractivity contribution < 1.29 is 4.39 Å². The Kier molecular flexibility index (Phi) is 4.36. The van der Waals surface area contributed by atoms with Gasteiger partial charge in [-0.25, -0.2) is 4.39 Å². The lowest BCUT2D eigenvalue weighted by atomic mass is 10.0. The van der Waals surface area contributed by atoms with E-state index in [1.165, 1.54) is 12.1 Å². The topological polar surface area (TPSA) is 38.0 Å². The molecule has 0 aromatic heterocycles. The average Bonchev–Trinajstić information content (AvgIpc) is 2.12. The van der Waals surface area contributed by atoms with Crippen LogP contribution in [0.5, 0.6) is 0 Å². The fraction of sp³-hybridized carbons (Fsp3) is 0.455. The van der Waals surface area contributed by atoms with Crippen LogP contribution >= 0.6 is 11.6 Å². The molecule has 84 valence electrons. The van der Waals surface area contributed by atoms with Crippen LogP contribution in [-0.2, 0) is 0 Å². The summed E-state index contributed by atoms with van der Waals surface area (Å²) in [6, 6.07) is 4.51. The highest BCUT2D eigenvalue weighted by atomic mass is 35.5. The molecule has 0 amide bonds. The van der Waals surface area contributed by atoms with Crippen LogP contribution in [0.15, 0.2) is 18.2 Å². The van der Waals surface area contributed by atoms with Gasteiger partial charge in [-0.1, -0.05) is 25.4 Å². The minimum absolute atomic E-state index is 0.128. The number of hydrogen-bond acceptors (Lipinski definition) is 2. The van der Waals surface area contributed by atoms with Crippen LogP contribution in [0.25, 0.3) is 0 Å². The molecule has 1 aromatic rings. The number of benzene rings is 1. The van der Waals surface area contributed by atoms with Crippen molar-refractivity contribution >= 4 is 17.3 Å².